The summed E-state index contributed by atoms with van der Waals surface area (Å²) in [6.07, 6.45) is 4.75. The maximum absolute atomic E-state index is 12.1. The predicted octanol–water partition coefficient (Wildman–Crippen LogP) is 2.51. The normalized spacial score (nSPS) is 15.4. The van der Waals surface area contributed by atoms with Crippen LogP contribution < -0.4 is 15.4 Å². The van der Waals surface area contributed by atoms with Gasteiger partial charge in [-0.3, -0.25) is 9.52 Å². The molecular formula is C16H26ClN3O3S. The van der Waals surface area contributed by atoms with Gasteiger partial charge in [0.25, 0.3) is 0 Å². The highest BCUT2D eigenvalue weighted by atomic mass is 35.5. The average molecular weight is 376 g/mol. The molecule has 0 radical (unpaired) electrons. The molecule has 136 valence electrons. The molecule has 0 aliphatic carbocycles. The van der Waals surface area contributed by atoms with E-state index in [9.17, 15) is 13.2 Å². The molecule has 0 bridgehead atoms. The first-order chi connectivity index (χ1) is 10.8. The van der Waals surface area contributed by atoms with E-state index in [-0.39, 0.29) is 18.3 Å². The van der Waals surface area contributed by atoms with Crippen molar-refractivity contribution in [3.05, 3.63) is 23.8 Å². The second kappa shape index (κ2) is 9.25. The lowest BCUT2D eigenvalue weighted by Gasteiger charge is -2.22. The Kier molecular flexibility index (Phi) is 7.99. The van der Waals surface area contributed by atoms with Crippen LogP contribution in [0.2, 0.25) is 0 Å². The third-order valence-corrected chi connectivity index (χ3v) is 4.65. The lowest BCUT2D eigenvalue weighted by atomic mass is 9.93. The van der Waals surface area contributed by atoms with E-state index in [2.05, 4.69) is 15.4 Å². The van der Waals surface area contributed by atoms with Crippen molar-refractivity contribution in [2.24, 2.45) is 5.92 Å². The van der Waals surface area contributed by atoms with E-state index in [0.29, 0.717) is 23.7 Å². The standard InChI is InChI=1S/C16H25N3O3S.ClH/c1-12-3-5-14(11-15(12)19-23(2,21)22)18-16(20)6-4-13-7-9-17-10-8-13;/h3,5,11,13,17,19H,4,6-10H2,1-2H3,(H,18,20);1H. The molecular weight excluding hydrogens is 350 g/mol. The largest absolute Gasteiger partial charge is 0.326 e. The number of aryl methyl sites for hydroxylation is 1. The number of carbonyl (C=O) groups is 1. The van der Waals surface area contributed by atoms with Crippen LogP contribution in [0, 0.1) is 12.8 Å². The summed E-state index contributed by atoms with van der Waals surface area (Å²) in [5.74, 6) is 0.583. The van der Waals surface area contributed by atoms with Crippen LogP contribution in [-0.2, 0) is 14.8 Å². The Morgan fingerprint density at radius 1 is 1.29 bits per heavy atom. The maximum Gasteiger partial charge on any atom is 0.229 e. The predicted molar refractivity (Wildman–Crippen MR) is 100 cm³/mol. The van der Waals surface area contributed by atoms with Crippen molar-refractivity contribution in [1.82, 2.24) is 5.32 Å². The molecule has 0 unspecified atom stereocenters. The smallest absolute Gasteiger partial charge is 0.229 e. The van der Waals surface area contributed by atoms with Crippen molar-refractivity contribution in [3.63, 3.8) is 0 Å². The summed E-state index contributed by atoms with van der Waals surface area (Å²) >= 11 is 0. The fourth-order valence-electron chi connectivity index (χ4n) is 2.74. The van der Waals surface area contributed by atoms with Crippen molar-refractivity contribution in [2.75, 3.05) is 29.4 Å². The molecule has 1 aliphatic rings. The van der Waals surface area contributed by atoms with Gasteiger partial charge in [-0.2, -0.15) is 0 Å². The number of amides is 1. The van der Waals surface area contributed by atoms with Crippen LogP contribution in [0.3, 0.4) is 0 Å². The molecule has 1 amide bonds. The summed E-state index contributed by atoms with van der Waals surface area (Å²) in [4.78, 5) is 12.1. The lowest BCUT2D eigenvalue weighted by Crippen LogP contribution is -2.28. The van der Waals surface area contributed by atoms with Crippen molar-refractivity contribution in [2.45, 2.75) is 32.6 Å². The zero-order valence-corrected chi connectivity index (χ0v) is 15.7. The summed E-state index contributed by atoms with van der Waals surface area (Å²) in [7, 11) is -3.34. The Hall–Kier alpha value is -1.31. The molecule has 1 fully saturated rings. The molecule has 0 atom stereocenters. The zero-order chi connectivity index (χ0) is 16.9. The first-order valence-electron chi connectivity index (χ1n) is 7.92. The monoisotopic (exact) mass is 375 g/mol. The highest BCUT2D eigenvalue weighted by molar-refractivity contribution is 7.92. The van der Waals surface area contributed by atoms with E-state index in [1.54, 1.807) is 18.2 Å². The SMILES string of the molecule is Cc1ccc(NC(=O)CCC2CCNCC2)cc1NS(C)(=O)=O.Cl. The summed E-state index contributed by atoms with van der Waals surface area (Å²) in [5, 5.41) is 6.16. The molecule has 0 saturated carbocycles. The van der Waals surface area contributed by atoms with Gasteiger partial charge in [-0.25, -0.2) is 8.42 Å². The van der Waals surface area contributed by atoms with Gasteiger partial charge in [0, 0.05) is 12.1 Å². The number of benzene rings is 1. The van der Waals surface area contributed by atoms with E-state index < -0.39 is 10.0 Å². The van der Waals surface area contributed by atoms with E-state index in [4.69, 9.17) is 0 Å². The van der Waals surface area contributed by atoms with Crippen LogP contribution in [0.5, 0.6) is 0 Å². The Balaban J connectivity index is 0.00000288. The fourth-order valence-corrected chi connectivity index (χ4v) is 3.36. The Labute approximate surface area is 150 Å². The topological polar surface area (TPSA) is 87.3 Å². The van der Waals surface area contributed by atoms with E-state index in [1.807, 2.05) is 6.92 Å². The van der Waals surface area contributed by atoms with Crippen molar-refractivity contribution in [1.29, 1.82) is 0 Å². The number of hydrogen-bond donors (Lipinski definition) is 3. The molecule has 0 aromatic heterocycles. The molecule has 1 heterocycles. The third-order valence-electron chi connectivity index (χ3n) is 4.06. The second-order valence-electron chi connectivity index (χ2n) is 6.18. The first-order valence-corrected chi connectivity index (χ1v) is 9.81. The van der Waals surface area contributed by atoms with Gasteiger partial charge < -0.3 is 10.6 Å². The number of sulfonamides is 1. The van der Waals surface area contributed by atoms with Gasteiger partial charge in [0.2, 0.25) is 15.9 Å². The number of hydrogen-bond acceptors (Lipinski definition) is 4. The molecule has 6 nitrogen and oxygen atoms in total. The molecule has 1 aromatic rings. The number of carbonyl (C=O) groups excluding carboxylic acids is 1. The summed E-state index contributed by atoms with van der Waals surface area (Å²) in [6.45, 7) is 3.88. The van der Waals surface area contributed by atoms with Crippen LogP contribution in [0.1, 0.15) is 31.2 Å². The van der Waals surface area contributed by atoms with Crippen LogP contribution in [0.25, 0.3) is 0 Å². The number of anilines is 2. The average Bonchev–Trinajstić information content (AvgIpc) is 2.48. The van der Waals surface area contributed by atoms with Crippen LogP contribution in [-0.4, -0.2) is 33.7 Å². The Bertz CT molecular complexity index is 659. The van der Waals surface area contributed by atoms with Crippen molar-refractivity contribution < 1.29 is 13.2 Å². The zero-order valence-electron chi connectivity index (χ0n) is 14.1. The van der Waals surface area contributed by atoms with Gasteiger partial charge in [-0.05, 0) is 62.9 Å². The van der Waals surface area contributed by atoms with Crippen molar-refractivity contribution in [3.8, 4) is 0 Å². The van der Waals surface area contributed by atoms with Gasteiger partial charge in [-0.1, -0.05) is 6.07 Å². The summed E-state index contributed by atoms with van der Waals surface area (Å²) in [6, 6.07) is 5.22. The van der Waals surface area contributed by atoms with Gasteiger partial charge >= 0.3 is 0 Å². The van der Waals surface area contributed by atoms with Gasteiger partial charge in [0.15, 0.2) is 0 Å². The minimum atomic E-state index is -3.34. The van der Waals surface area contributed by atoms with Crippen LogP contribution in [0.15, 0.2) is 18.2 Å². The Morgan fingerprint density at radius 3 is 2.58 bits per heavy atom. The van der Waals surface area contributed by atoms with E-state index in [0.717, 1.165) is 44.2 Å². The quantitative estimate of drug-likeness (QED) is 0.712. The van der Waals surface area contributed by atoms with Gasteiger partial charge in [0.1, 0.15) is 0 Å². The lowest BCUT2D eigenvalue weighted by molar-refractivity contribution is -0.116. The molecule has 1 aliphatic heterocycles. The highest BCUT2D eigenvalue weighted by Gasteiger charge is 2.15. The van der Waals surface area contributed by atoms with Gasteiger partial charge in [0.05, 0.1) is 11.9 Å². The Morgan fingerprint density at radius 2 is 1.96 bits per heavy atom. The molecule has 3 N–H and O–H groups in total. The molecule has 0 spiro atoms. The number of nitrogens with one attached hydrogen (secondary N) is 3. The minimum absolute atomic E-state index is 0. The maximum atomic E-state index is 12.1. The van der Waals surface area contributed by atoms with Gasteiger partial charge in [-0.15, -0.1) is 12.4 Å². The number of piperidine rings is 1. The van der Waals surface area contributed by atoms with E-state index in [1.165, 1.54) is 0 Å². The number of halogens is 1. The van der Waals surface area contributed by atoms with Crippen LogP contribution >= 0.6 is 12.4 Å². The molecule has 24 heavy (non-hydrogen) atoms. The molecule has 1 saturated heterocycles. The number of rotatable bonds is 6. The van der Waals surface area contributed by atoms with Crippen LogP contribution in [0.4, 0.5) is 11.4 Å². The summed E-state index contributed by atoms with van der Waals surface area (Å²) in [5.41, 5.74) is 1.91. The second-order valence-corrected chi connectivity index (χ2v) is 7.93. The highest BCUT2D eigenvalue weighted by Crippen LogP contribution is 2.22. The molecule has 1 aromatic carbocycles. The summed E-state index contributed by atoms with van der Waals surface area (Å²) < 4.78 is 25.2. The molecule has 2 rings (SSSR count). The molecule has 8 heteroatoms. The van der Waals surface area contributed by atoms with E-state index >= 15 is 0 Å². The third kappa shape index (κ3) is 7.07. The minimum Gasteiger partial charge on any atom is -0.326 e. The van der Waals surface area contributed by atoms with Crippen molar-refractivity contribution >= 4 is 39.7 Å². The first kappa shape index (κ1) is 20.7. The fraction of sp³-hybridized carbons (Fsp3) is 0.562.